The molecular weight excluding hydrogens is 275 g/mol. The van der Waals surface area contributed by atoms with Crippen molar-refractivity contribution in [2.45, 2.75) is 43.4 Å². The van der Waals surface area contributed by atoms with E-state index in [1.54, 1.807) is 18.2 Å². The molecule has 2 unspecified atom stereocenters. The van der Waals surface area contributed by atoms with E-state index in [2.05, 4.69) is 5.32 Å². The first kappa shape index (κ1) is 13.1. The maximum atomic E-state index is 13.2. The Hall–Kier alpha value is -1.55. The second kappa shape index (κ2) is 4.47. The highest BCUT2D eigenvalue weighted by Crippen LogP contribution is 2.43. The van der Waals surface area contributed by atoms with E-state index in [9.17, 15) is 13.2 Å². The van der Waals surface area contributed by atoms with Crippen molar-refractivity contribution < 1.29 is 13.2 Å². The zero-order valence-electron chi connectivity index (χ0n) is 11.5. The summed E-state index contributed by atoms with van der Waals surface area (Å²) in [7, 11) is 0. The molecule has 0 radical (unpaired) electrons. The number of hydrogen-bond acceptors (Lipinski definition) is 1. The molecule has 2 aromatic carbocycles. The minimum absolute atomic E-state index is 0.328. The summed E-state index contributed by atoms with van der Waals surface area (Å²) in [5.41, 5.74) is 0.552. The highest BCUT2D eigenvalue weighted by molar-refractivity contribution is 5.89. The smallest absolute Gasteiger partial charge is 0.311 e. The van der Waals surface area contributed by atoms with Crippen LogP contribution in [0.3, 0.4) is 0 Å². The highest BCUT2D eigenvalue weighted by atomic mass is 19.4. The van der Waals surface area contributed by atoms with Crippen LogP contribution in [0.15, 0.2) is 36.4 Å². The Balaban J connectivity index is 1.84. The van der Waals surface area contributed by atoms with Gasteiger partial charge in [0.1, 0.15) is 0 Å². The fourth-order valence-corrected chi connectivity index (χ4v) is 3.94. The molecule has 1 aliphatic carbocycles. The average Bonchev–Trinajstić information content (AvgIpc) is 2.44. The van der Waals surface area contributed by atoms with Gasteiger partial charge in [0, 0.05) is 12.1 Å². The van der Waals surface area contributed by atoms with E-state index < -0.39 is 11.7 Å². The monoisotopic (exact) mass is 291 g/mol. The second-order valence-electron chi connectivity index (χ2n) is 6.21. The number of alkyl halides is 3. The molecule has 2 saturated heterocycles. The number of hydrogen-bond donors (Lipinski definition) is 1. The van der Waals surface area contributed by atoms with Gasteiger partial charge in [-0.25, -0.2) is 0 Å². The van der Waals surface area contributed by atoms with Crippen molar-refractivity contribution in [3.63, 3.8) is 0 Å². The molecule has 3 aliphatic rings. The van der Waals surface area contributed by atoms with Gasteiger partial charge in [0.2, 0.25) is 0 Å². The van der Waals surface area contributed by atoms with Gasteiger partial charge in [0.05, 0.1) is 5.56 Å². The topological polar surface area (TPSA) is 12.0 Å². The van der Waals surface area contributed by atoms with Gasteiger partial charge < -0.3 is 5.32 Å². The fourth-order valence-electron chi connectivity index (χ4n) is 3.94. The van der Waals surface area contributed by atoms with Crippen molar-refractivity contribution in [1.82, 2.24) is 5.32 Å². The molecule has 0 aromatic heterocycles. The van der Waals surface area contributed by atoms with Crippen LogP contribution in [-0.2, 0) is 6.18 Å². The molecule has 0 spiro atoms. The van der Waals surface area contributed by atoms with Crippen LogP contribution >= 0.6 is 0 Å². The number of piperidine rings is 1. The van der Waals surface area contributed by atoms with E-state index in [-0.39, 0.29) is 0 Å². The molecule has 3 fully saturated rings. The van der Waals surface area contributed by atoms with Crippen LogP contribution in [0.5, 0.6) is 0 Å². The van der Waals surface area contributed by atoms with Crippen molar-refractivity contribution >= 4 is 10.8 Å². The zero-order valence-corrected chi connectivity index (χ0v) is 11.5. The van der Waals surface area contributed by atoms with Gasteiger partial charge in [0.15, 0.2) is 0 Å². The minimum Gasteiger partial charge on any atom is -0.311 e. The van der Waals surface area contributed by atoms with Gasteiger partial charge in [-0.15, -0.1) is 0 Å². The van der Waals surface area contributed by atoms with Crippen LogP contribution in [0.1, 0.15) is 36.3 Å². The van der Waals surface area contributed by atoms with E-state index in [0.717, 1.165) is 23.8 Å². The number of rotatable bonds is 1. The highest BCUT2D eigenvalue weighted by Gasteiger charge is 2.39. The lowest BCUT2D eigenvalue weighted by Gasteiger charge is -2.47. The van der Waals surface area contributed by atoms with Gasteiger partial charge in [-0.05, 0) is 47.6 Å². The van der Waals surface area contributed by atoms with Crippen molar-refractivity contribution in [2.75, 3.05) is 0 Å². The Morgan fingerprint density at radius 2 is 1.48 bits per heavy atom. The molecule has 2 heterocycles. The first-order chi connectivity index (χ1) is 10.0. The summed E-state index contributed by atoms with van der Waals surface area (Å²) in [6.07, 6.45) is -1.01. The summed E-state index contributed by atoms with van der Waals surface area (Å²) in [6.45, 7) is 0. The van der Waals surface area contributed by atoms with Gasteiger partial charge in [0.25, 0.3) is 0 Å². The lowest BCUT2D eigenvalue weighted by molar-refractivity contribution is -0.136. The molecular formula is C17H16F3N. The number of halogens is 3. The predicted molar refractivity (Wildman–Crippen MR) is 76.3 cm³/mol. The van der Waals surface area contributed by atoms with E-state index >= 15 is 0 Å². The van der Waals surface area contributed by atoms with Crippen LogP contribution in [-0.4, -0.2) is 12.1 Å². The maximum Gasteiger partial charge on any atom is 0.417 e. The van der Waals surface area contributed by atoms with Crippen LogP contribution in [0.2, 0.25) is 0 Å². The van der Waals surface area contributed by atoms with Gasteiger partial charge in [-0.2, -0.15) is 13.2 Å². The van der Waals surface area contributed by atoms with Gasteiger partial charge in [-0.3, -0.25) is 0 Å². The third-order valence-electron chi connectivity index (χ3n) is 4.88. The first-order valence-electron chi connectivity index (χ1n) is 7.37. The zero-order chi connectivity index (χ0) is 14.6. The van der Waals surface area contributed by atoms with E-state index in [4.69, 9.17) is 0 Å². The number of nitrogens with one attached hydrogen (secondary N) is 1. The summed E-state index contributed by atoms with van der Waals surface area (Å²) in [5, 5.41) is 4.57. The quantitative estimate of drug-likeness (QED) is 0.817. The number of benzene rings is 2. The Kier molecular flexibility index (Phi) is 2.80. The second-order valence-corrected chi connectivity index (χ2v) is 6.21. The Morgan fingerprint density at radius 1 is 0.857 bits per heavy atom. The van der Waals surface area contributed by atoms with Crippen LogP contribution in [0.4, 0.5) is 13.2 Å². The van der Waals surface area contributed by atoms with Crippen molar-refractivity contribution in [2.24, 2.45) is 0 Å². The maximum absolute atomic E-state index is 13.2. The number of fused-ring (bicyclic) bond motifs is 3. The van der Waals surface area contributed by atoms with Crippen LogP contribution < -0.4 is 5.32 Å². The van der Waals surface area contributed by atoms with E-state index in [1.165, 1.54) is 12.5 Å². The van der Waals surface area contributed by atoms with Gasteiger partial charge >= 0.3 is 6.18 Å². The third-order valence-corrected chi connectivity index (χ3v) is 4.88. The minimum atomic E-state index is -4.30. The van der Waals surface area contributed by atoms with E-state index in [1.807, 2.05) is 12.1 Å². The summed E-state index contributed by atoms with van der Waals surface area (Å²) >= 11 is 0. The van der Waals surface area contributed by atoms with E-state index in [0.29, 0.717) is 23.4 Å². The largest absolute Gasteiger partial charge is 0.417 e. The molecule has 0 amide bonds. The van der Waals surface area contributed by atoms with Crippen molar-refractivity contribution in [3.05, 3.63) is 47.5 Å². The van der Waals surface area contributed by atoms with Crippen LogP contribution in [0.25, 0.3) is 10.8 Å². The normalized spacial score (nSPS) is 28.4. The summed E-state index contributed by atoms with van der Waals surface area (Å²) in [5.74, 6) is 0.377. The van der Waals surface area contributed by atoms with Crippen molar-refractivity contribution in [3.8, 4) is 0 Å². The Morgan fingerprint density at radius 3 is 2.10 bits per heavy atom. The SMILES string of the molecule is FC(F)(F)c1ccc(C2CC3CC(C2)N3)c2ccccc12. The molecule has 110 valence electrons. The lowest BCUT2D eigenvalue weighted by Crippen LogP contribution is -2.57. The lowest BCUT2D eigenvalue weighted by atomic mass is 9.72. The van der Waals surface area contributed by atoms with Gasteiger partial charge in [-0.1, -0.05) is 30.3 Å². The Bertz CT molecular complexity index is 676. The summed E-state index contributed by atoms with van der Waals surface area (Å²) in [6, 6.07) is 11.0. The standard InChI is InChI=1S/C17H16F3N/c18-17(19,20)16-6-5-13(14-3-1-2-4-15(14)16)10-7-11-9-12(8-10)21-11/h1-6,10-12,21H,7-9H2. The van der Waals surface area contributed by atoms with Crippen LogP contribution in [0, 0.1) is 0 Å². The predicted octanol–water partition coefficient (Wildman–Crippen LogP) is 4.47. The molecule has 1 saturated carbocycles. The molecule has 4 heteroatoms. The molecule has 1 nitrogen and oxygen atoms in total. The molecule has 5 rings (SSSR count). The third kappa shape index (κ3) is 2.13. The Labute approximate surface area is 121 Å². The molecule has 2 aromatic rings. The summed E-state index contributed by atoms with van der Waals surface area (Å²) in [4.78, 5) is 0. The average molecular weight is 291 g/mol. The fraction of sp³-hybridized carbons (Fsp3) is 0.412. The molecule has 2 aliphatic heterocycles. The molecule has 2 bridgehead atoms. The molecule has 21 heavy (non-hydrogen) atoms. The van der Waals surface area contributed by atoms with Crippen molar-refractivity contribution in [1.29, 1.82) is 0 Å². The first-order valence-corrected chi connectivity index (χ1v) is 7.37. The molecule has 1 N–H and O–H groups in total. The molecule has 2 atom stereocenters. The summed E-state index contributed by atoms with van der Waals surface area (Å²) < 4.78 is 39.5.